The summed E-state index contributed by atoms with van der Waals surface area (Å²) in [7, 11) is 0. The number of carbonyl (C=O) groups is 1. The SMILES string of the molecule is CCC(C(=O)NCc1sc(-c2cccnc2)nc1C)c1ccccc1. The van der Waals surface area contributed by atoms with Crippen molar-refractivity contribution in [1.82, 2.24) is 15.3 Å². The van der Waals surface area contributed by atoms with Crippen molar-refractivity contribution in [3.8, 4) is 10.6 Å². The van der Waals surface area contributed by atoms with E-state index < -0.39 is 0 Å². The summed E-state index contributed by atoms with van der Waals surface area (Å²) in [5.74, 6) is -0.0587. The predicted octanol–water partition coefficient (Wildman–Crippen LogP) is 4.32. The number of aryl methyl sites for hydroxylation is 1. The molecule has 0 aliphatic carbocycles. The van der Waals surface area contributed by atoms with E-state index in [9.17, 15) is 4.79 Å². The van der Waals surface area contributed by atoms with Gasteiger partial charge < -0.3 is 5.32 Å². The fraction of sp³-hybridized carbons (Fsp3) is 0.250. The number of aromatic nitrogens is 2. The molecule has 0 aliphatic heterocycles. The van der Waals surface area contributed by atoms with Crippen LogP contribution in [0.1, 0.15) is 35.4 Å². The number of pyridine rings is 1. The van der Waals surface area contributed by atoms with Crippen LogP contribution in [0.5, 0.6) is 0 Å². The van der Waals surface area contributed by atoms with Crippen LogP contribution in [-0.2, 0) is 11.3 Å². The zero-order valence-electron chi connectivity index (χ0n) is 14.4. The van der Waals surface area contributed by atoms with Crippen LogP contribution in [0.2, 0.25) is 0 Å². The summed E-state index contributed by atoms with van der Waals surface area (Å²) in [6.07, 6.45) is 4.33. The van der Waals surface area contributed by atoms with E-state index in [-0.39, 0.29) is 11.8 Å². The molecule has 3 rings (SSSR count). The summed E-state index contributed by atoms with van der Waals surface area (Å²) < 4.78 is 0. The maximum absolute atomic E-state index is 12.6. The van der Waals surface area contributed by atoms with E-state index in [4.69, 9.17) is 0 Å². The number of benzene rings is 1. The van der Waals surface area contributed by atoms with Crippen LogP contribution in [0.25, 0.3) is 10.6 Å². The van der Waals surface area contributed by atoms with Gasteiger partial charge in [0.25, 0.3) is 0 Å². The maximum Gasteiger partial charge on any atom is 0.227 e. The Morgan fingerprint density at radius 1 is 1.20 bits per heavy atom. The molecule has 2 aromatic heterocycles. The van der Waals surface area contributed by atoms with Gasteiger partial charge in [-0.15, -0.1) is 11.3 Å². The van der Waals surface area contributed by atoms with Crippen LogP contribution in [0.4, 0.5) is 0 Å². The highest BCUT2D eigenvalue weighted by atomic mass is 32.1. The van der Waals surface area contributed by atoms with Gasteiger partial charge in [0.15, 0.2) is 0 Å². The molecule has 2 heterocycles. The number of carbonyl (C=O) groups excluding carboxylic acids is 1. The number of amides is 1. The van der Waals surface area contributed by atoms with Crippen molar-refractivity contribution < 1.29 is 4.79 Å². The third-order valence-corrected chi connectivity index (χ3v) is 5.36. The highest BCUT2D eigenvalue weighted by Crippen LogP contribution is 2.27. The highest BCUT2D eigenvalue weighted by molar-refractivity contribution is 7.15. The molecule has 1 amide bonds. The van der Waals surface area contributed by atoms with E-state index in [0.29, 0.717) is 6.54 Å². The third kappa shape index (κ3) is 4.12. The average Bonchev–Trinajstić information content (AvgIpc) is 3.03. The van der Waals surface area contributed by atoms with Crippen molar-refractivity contribution in [1.29, 1.82) is 0 Å². The molecule has 1 aromatic carbocycles. The smallest absolute Gasteiger partial charge is 0.227 e. The maximum atomic E-state index is 12.6. The fourth-order valence-electron chi connectivity index (χ4n) is 2.75. The first kappa shape index (κ1) is 17.3. The van der Waals surface area contributed by atoms with Crippen LogP contribution in [-0.4, -0.2) is 15.9 Å². The molecule has 0 saturated heterocycles. The summed E-state index contributed by atoms with van der Waals surface area (Å²) in [4.78, 5) is 22.4. The van der Waals surface area contributed by atoms with Crippen LogP contribution in [0.3, 0.4) is 0 Å². The van der Waals surface area contributed by atoms with Crippen molar-refractivity contribution in [2.24, 2.45) is 0 Å². The number of hydrogen-bond donors (Lipinski definition) is 1. The second-order valence-corrected chi connectivity index (χ2v) is 6.94. The van der Waals surface area contributed by atoms with Crippen molar-refractivity contribution in [3.63, 3.8) is 0 Å². The molecular weight excluding hydrogens is 330 g/mol. The Bertz CT molecular complexity index is 831. The van der Waals surface area contributed by atoms with Crippen LogP contribution >= 0.6 is 11.3 Å². The first-order valence-corrected chi connectivity index (χ1v) is 9.20. The molecule has 4 nitrogen and oxygen atoms in total. The fourth-order valence-corrected chi connectivity index (χ4v) is 3.75. The average molecular weight is 351 g/mol. The van der Waals surface area contributed by atoms with Crippen LogP contribution < -0.4 is 5.32 Å². The van der Waals surface area contributed by atoms with Crippen molar-refractivity contribution in [2.45, 2.75) is 32.7 Å². The standard InChI is InChI=1S/C20H21N3OS/c1-3-17(15-8-5-4-6-9-15)19(24)22-13-18-14(2)23-20(25-18)16-10-7-11-21-12-16/h4-12,17H,3,13H2,1-2H3,(H,22,24). The normalized spacial score (nSPS) is 11.9. The Morgan fingerprint density at radius 3 is 2.68 bits per heavy atom. The van der Waals surface area contributed by atoms with Gasteiger partial charge in [-0.25, -0.2) is 4.98 Å². The molecule has 0 spiro atoms. The number of hydrogen-bond acceptors (Lipinski definition) is 4. The second-order valence-electron chi connectivity index (χ2n) is 5.86. The molecule has 25 heavy (non-hydrogen) atoms. The molecule has 5 heteroatoms. The van der Waals surface area contributed by atoms with E-state index in [1.165, 1.54) is 0 Å². The van der Waals surface area contributed by atoms with E-state index in [0.717, 1.165) is 33.1 Å². The minimum absolute atomic E-state index is 0.0597. The third-order valence-electron chi connectivity index (χ3n) is 4.15. The number of rotatable bonds is 6. The first-order valence-electron chi connectivity index (χ1n) is 8.38. The predicted molar refractivity (Wildman–Crippen MR) is 101 cm³/mol. The summed E-state index contributed by atoms with van der Waals surface area (Å²) in [6.45, 7) is 4.52. The molecule has 1 atom stereocenters. The molecule has 3 aromatic rings. The molecule has 1 N–H and O–H groups in total. The van der Waals surface area contributed by atoms with Gasteiger partial charge in [-0.1, -0.05) is 37.3 Å². The Balaban J connectivity index is 1.69. The van der Waals surface area contributed by atoms with Crippen molar-refractivity contribution >= 4 is 17.2 Å². The van der Waals surface area contributed by atoms with Gasteiger partial charge in [-0.3, -0.25) is 9.78 Å². The van der Waals surface area contributed by atoms with E-state index in [1.807, 2.05) is 62.5 Å². The van der Waals surface area contributed by atoms with Crippen molar-refractivity contribution in [2.75, 3.05) is 0 Å². The molecule has 0 aliphatic rings. The largest absolute Gasteiger partial charge is 0.351 e. The lowest BCUT2D eigenvalue weighted by Crippen LogP contribution is -2.28. The molecule has 0 bridgehead atoms. The van der Waals surface area contributed by atoms with Gasteiger partial charge in [-0.2, -0.15) is 0 Å². The minimum Gasteiger partial charge on any atom is -0.351 e. The Hall–Kier alpha value is -2.53. The Labute approximate surface area is 152 Å². The molecule has 0 radical (unpaired) electrons. The van der Waals surface area contributed by atoms with Gasteiger partial charge >= 0.3 is 0 Å². The Kier molecular flexibility index (Phi) is 5.56. The number of nitrogens with one attached hydrogen (secondary N) is 1. The number of thiazole rings is 1. The molecule has 0 fully saturated rings. The summed E-state index contributed by atoms with van der Waals surface area (Å²) in [5.41, 5.74) is 3.01. The summed E-state index contributed by atoms with van der Waals surface area (Å²) in [6, 6.07) is 13.8. The van der Waals surface area contributed by atoms with E-state index >= 15 is 0 Å². The molecule has 128 valence electrons. The Morgan fingerprint density at radius 2 is 2.00 bits per heavy atom. The zero-order chi connectivity index (χ0) is 17.6. The first-order chi connectivity index (χ1) is 12.2. The lowest BCUT2D eigenvalue weighted by molar-refractivity contribution is -0.122. The molecule has 1 unspecified atom stereocenters. The molecule has 0 saturated carbocycles. The lowest BCUT2D eigenvalue weighted by atomic mass is 9.96. The van der Waals surface area contributed by atoms with Crippen molar-refractivity contribution in [3.05, 3.63) is 71.0 Å². The molecular formula is C20H21N3OS. The van der Waals surface area contributed by atoms with Gasteiger partial charge in [0.2, 0.25) is 5.91 Å². The van der Waals surface area contributed by atoms with Gasteiger partial charge in [-0.05, 0) is 31.0 Å². The highest BCUT2D eigenvalue weighted by Gasteiger charge is 2.19. The van der Waals surface area contributed by atoms with E-state index in [1.54, 1.807) is 17.5 Å². The second kappa shape index (κ2) is 8.03. The number of nitrogens with zero attached hydrogens (tertiary/aromatic N) is 2. The quantitative estimate of drug-likeness (QED) is 0.719. The van der Waals surface area contributed by atoms with Gasteiger partial charge in [0, 0.05) is 22.8 Å². The zero-order valence-corrected chi connectivity index (χ0v) is 15.2. The topological polar surface area (TPSA) is 54.9 Å². The van der Waals surface area contributed by atoms with Crippen LogP contribution in [0.15, 0.2) is 54.9 Å². The minimum atomic E-state index is -0.118. The monoisotopic (exact) mass is 351 g/mol. The van der Waals surface area contributed by atoms with E-state index in [2.05, 4.69) is 15.3 Å². The summed E-state index contributed by atoms with van der Waals surface area (Å²) >= 11 is 1.60. The lowest BCUT2D eigenvalue weighted by Gasteiger charge is -2.15. The van der Waals surface area contributed by atoms with Gasteiger partial charge in [0.1, 0.15) is 5.01 Å². The van der Waals surface area contributed by atoms with Gasteiger partial charge in [0.05, 0.1) is 18.2 Å². The van der Waals surface area contributed by atoms with Crippen LogP contribution in [0, 0.1) is 6.92 Å². The summed E-state index contributed by atoms with van der Waals surface area (Å²) in [5, 5.41) is 4.01.